The van der Waals surface area contributed by atoms with E-state index in [1.54, 1.807) is 6.07 Å². The first-order valence-electron chi connectivity index (χ1n) is 3.63. The second-order valence-electron chi connectivity index (χ2n) is 2.78. The van der Waals surface area contributed by atoms with Gasteiger partial charge in [-0.3, -0.25) is 0 Å². The molecule has 0 bridgehead atoms. The molecular weight excluding hydrogens is 347 g/mol. The number of benzene rings is 1. The monoisotopic (exact) mass is 354 g/mol. The van der Waals surface area contributed by atoms with Crippen molar-refractivity contribution < 1.29 is 9.90 Å². The summed E-state index contributed by atoms with van der Waals surface area (Å²) in [6.45, 7) is 3.89. The quantitative estimate of drug-likeness (QED) is 0.785. The van der Waals surface area contributed by atoms with Gasteiger partial charge in [-0.25, -0.2) is 4.79 Å². The number of hydrogen-bond acceptors (Lipinski definition) is 1. The van der Waals surface area contributed by atoms with Crippen molar-refractivity contribution in [3.63, 3.8) is 0 Å². The second kappa shape index (κ2) is 3.96. The van der Waals surface area contributed by atoms with Crippen molar-refractivity contribution in [2.45, 2.75) is 13.8 Å². The molecule has 0 fully saturated rings. The van der Waals surface area contributed by atoms with Gasteiger partial charge in [-0.05, 0) is 69.6 Å². The lowest BCUT2D eigenvalue weighted by Gasteiger charge is -2.08. The summed E-state index contributed by atoms with van der Waals surface area (Å²) in [5, 5.41) is 8.87. The van der Waals surface area contributed by atoms with Gasteiger partial charge in [0.15, 0.2) is 0 Å². The van der Waals surface area contributed by atoms with Crippen LogP contribution in [0.2, 0.25) is 0 Å². The van der Waals surface area contributed by atoms with Crippen LogP contribution < -0.4 is 0 Å². The summed E-state index contributed by atoms with van der Waals surface area (Å²) in [5.41, 5.74) is 2.44. The van der Waals surface area contributed by atoms with Crippen molar-refractivity contribution in [3.05, 3.63) is 30.8 Å². The van der Waals surface area contributed by atoms with Crippen LogP contribution in [0.3, 0.4) is 0 Å². The van der Waals surface area contributed by atoms with E-state index in [-0.39, 0.29) is 0 Å². The Morgan fingerprint density at radius 2 is 2.00 bits per heavy atom. The van der Waals surface area contributed by atoms with E-state index >= 15 is 0 Å². The number of carboxylic acid groups (broad SMARTS) is 1. The van der Waals surface area contributed by atoms with Crippen molar-refractivity contribution in [1.82, 2.24) is 0 Å². The molecule has 0 unspecified atom stereocenters. The second-order valence-corrected chi connectivity index (χ2v) is 4.73. The van der Waals surface area contributed by atoms with Crippen LogP contribution in [0.4, 0.5) is 0 Å². The average Bonchev–Trinajstić information content (AvgIpc) is 2.07. The van der Waals surface area contributed by atoms with E-state index in [9.17, 15) is 4.79 Å². The molecule has 4 heteroatoms. The van der Waals surface area contributed by atoms with Gasteiger partial charge in [-0.15, -0.1) is 0 Å². The van der Waals surface area contributed by atoms with Crippen molar-refractivity contribution in [1.29, 1.82) is 0 Å². The third kappa shape index (κ3) is 2.04. The van der Waals surface area contributed by atoms with Gasteiger partial charge in [0.05, 0.1) is 5.56 Å². The first kappa shape index (κ1) is 11.0. The largest absolute Gasteiger partial charge is 0.478 e. The van der Waals surface area contributed by atoms with Gasteiger partial charge in [0.1, 0.15) is 0 Å². The number of aromatic carboxylic acids is 1. The van der Waals surface area contributed by atoms with E-state index < -0.39 is 5.97 Å². The van der Waals surface area contributed by atoms with Crippen LogP contribution in [-0.4, -0.2) is 11.1 Å². The molecule has 0 aromatic heterocycles. The highest BCUT2D eigenvalue weighted by molar-refractivity contribution is 14.1. The van der Waals surface area contributed by atoms with Gasteiger partial charge in [0.2, 0.25) is 0 Å². The summed E-state index contributed by atoms with van der Waals surface area (Å²) in [5.74, 6) is -0.895. The fraction of sp³-hybridized carbons (Fsp3) is 0.222. The van der Waals surface area contributed by atoms with Crippen LogP contribution in [0.15, 0.2) is 10.5 Å². The Morgan fingerprint density at radius 3 is 2.46 bits per heavy atom. The SMILES string of the molecule is Cc1c(I)cc(C(=O)O)c(Br)c1C. The predicted molar refractivity (Wildman–Crippen MR) is 63.3 cm³/mol. The highest BCUT2D eigenvalue weighted by Gasteiger charge is 2.13. The molecule has 2 nitrogen and oxygen atoms in total. The maximum absolute atomic E-state index is 10.8. The van der Waals surface area contributed by atoms with Gasteiger partial charge in [-0.1, -0.05) is 0 Å². The lowest BCUT2D eigenvalue weighted by Crippen LogP contribution is -2.01. The molecule has 0 aliphatic heterocycles. The summed E-state index contributed by atoms with van der Waals surface area (Å²) >= 11 is 5.42. The number of carbonyl (C=O) groups is 1. The lowest BCUT2D eigenvalue weighted by molar-refractivity contribution is 0.0695. The van der Waals surface area contributed by atoms with Crippen LogP contribution in [0.25, 0.3) is 0 Å². The molecule has 0 radical (unpaired) electrons. The molecule has 1 N–H and O–H groups in total. The molecule has 1 rings (SSSR count). The average molecular weight is 355 g/mol. The van der Waals surface area contributed by atoms with Crippen molar-refractivity contribution in [2.24, 2.45) is 0 Å². The fourth-order valence-electron chi connectivity index (χ4n) is 1.000. The lowest BCUT2D eigenvalue weighted by atomic mass is 10.1. The van der Waals surface area contributed by atoms with E-state index in [2.05, 4.69) is 38.5 Å². The van der Waals surface area contributed by atoms with E-state index in [1.807, 2.05) is 13.8 Å². The minimum Gasteiger partial charge on any atom is -0.478 e. The van der Waals surface area contributed by atoms with Crippen LogP contribution in [-0.2, 0) is 0 Å². The topological polar surface area (TPSA) is 37.3 Å². The van der Waals surface area contributed by atoms with E-state index in [0.29, 0.717) is 10.0 Å². The zero-order chi connectivity index (χ0) is 10.2. The zero-order valence-electron chi connectivity index (χ0n) is 7.19. The summed E-state index contributed by atoms with van der Waals surface area (Å²) in [6, 6.07) is 1.68. The Balaban J connectivity index is 3.50. The van der Waals surface area contributed by atoms with Gasteiger partial charge in [-0.2, -0.15) is 0 Å². The fourth-order valence-corrected chi connectivity index (χ4v) is 2.30. The van der Waals surface area contributed by atoms with Gasteiger partial charge < -0.3 is 5.11 Å². The first-order valence-corrected chi connectivity index (χ1v) is 5.50. The Kier molecular flexibility index (Phi) is 3.34. The van der Waals surface area contributed by atoms with Crippen LogP contribution >= 0.6 is 38.5 Å². The molecule has 0 aliphatic rings. The molecule has 70 valence electrons. The summed E-state index contributed by atoms with van der Waals surface area (Å²) < 4.78 is 1.66. The zero-order valence-corrected chi connectivity index (χ0v) is 10.9. The number of rotatable bonds is 1. The van der Waals surface area contributed by atoms with Crippen LogP contribution in [0.5, 0.6) is 0 Å². The number of halogens is 2. The maximum Gasteiger partial charge on any atom is 0.336 e. The molecule has 0 spiro atoms. The van der Waals surface area contributed by atoms with E-state index in [4.69, 9.17) is 5.11 Å². The van der Waals surface area contributed by atoms with Crippen molar-refractivity contribution in [2.75, 3.05) is 0 Å². The third-order valence-corrected chi connectivity index (χ3v) is 4.13. The summed E-state index contributed by atoms with van der Waals surface area (Å²) in [6.07, 6.45) is 0. The molecule has 0 saturated carbocycles. The molecule has 0 saturated heterocycles. The van der Waals surface area contributed by atoms with Crippen LogP contribution in [0.1, 0.15) is 21.5 Å². The van der Waals surface area contributed by atoms with Gasteiger partial charge in [0.25, 0.3) is 0 Å². The van der Waals surface area contributed by atoms with Crippen molar-refractivity contribution in [3.8, 4) is 0 Å². The summed E-state index contributed by atoms with van der Waals surface area (Å²) in [4.78, 5) is 10.8. The maximum atomic E-state index is 10.8. The standard InChI is InChI=1S/C9H8BrIO2/c1-4-5(2)8(10)6(9(12)13)3-7(4)11/h3H,1-2H3,(H,12,13). The minimum absolute atomic E-state index is 0.326. The molecular formula is C9H8BrIO2. The minimum atomic E-state index is -0.895. The smallest absolute Gasteiger partial charge is 0.336 e. The highest BCUT2D eigenvalue weighted by atomic mass is 127. The van der Waals surface area contributed by atoms with E-state index in [1.165, 1.54) is 0 Å². The van der Waals surface area contributed by atoms with Crippen LogP contribution in [0, 0.1) is 17.4 Å². The molecule has 0 amide bonds. The van der Waals surface area contributed by atoms with Gasteiger partial charge >= 0.3 is 5.97 Å². The molecule has 0 heterocycles. The Labute approximate surface area is 98.6 Å². The predicted octanol–water partition coefficient (Wildman–Crippen LogP) is 3.37. The Hall–Kier alpha value is -0.100. The third-order valence-electron chi connectivity index (χ3n) is 1.99. The number of carboxylic acids is 1. The number of hydrogen-bond donors (Lipinski definition) is 1. The van der Waals surface area contributed by atoms with Gasteiger partial charge in [0, 0.05) is 8.04 Å². The molecule has 1 aromatic rings. The molecule has 13 heavy (non-hydrogen) atoms. The van der Waals surface area contributed by atoms with E-state index in [0.717, 1.165) is 14.7 Å². The normalized spacial score (nSPS) is 10.2. The molecule has 0 aliphatic carbocycles. The summed E-state index contributed by atoms with van der Waals surface area (Å²) in [7, 11) is 0. The van der Waals surface area contributed by atoms with Crippen molar-refractivity contribution >= 4 is 44.5 Å². The highest BCUT2D eigenvalue weighted by Crippen LogP contribution is 2.28. The first-order chi connectivity index (χ1) is 5.95. The Morgan fingerprint density at radius 1 is 1.46 bits per heavy atom. The molecule has 1 aromatic carbocycles. The molecule has 0 atom stereocenters. The Bertz CT molecular complexity index is 374.